The van der Waals surface area contributed by atoms with Crippen molar-refractivity contribution < 1.29 is 13.2 Å². The van der Waals surface area contributed by atoms with E-state index in [1.807, 2.05) is 31.2 Å². The molecule has 0 N–H and O–H groups in total. The van der Waals surface area contributed by atoms with Crippen molar-refractivity contribution in [1.82, 2.24) is 0 Å². The van der Waals surface area contributed by atoms with Gasteiger partial charge in [-0.25, -0.2) is 8.42 Å². The summed E-state index contributed by atoms with van der Waals surface area (Å²) in [6.07, 6.45) is 0. The van der Waals surface area contributed by atoms with Crippen molar-refractivity contribution in [3.05, 3.63) is 47.5 Å². The number of hydrogen-bond acceptors (Lipinski definition) is 4. The number of ether oxygens (including phenoxy) is 1. The van der Waals surface area contributed by atoms with Gasteiger partial charge in [-0.1, -0.05) is 23.7 Å². The topological polar surface area (TPSA) is 49.9 Å². The summed E-state index contributed by atoms with van der Waals surface area (Å²) in [4.78, 5) is 2.28. The van der Waals surface area contributed by atoms with Crippen LogP contribution in [0.25, 0.3) is 0 Å². The lowest BCUT2D eigenvalue weighted by molar-refractivity contribution is 0.402. The van der Waals surface area contributed by atoms with Gasteiger partial charge in [0.1, 0.15) is 10.6 Å². The van der Waals surface area contributed by atoms with Crippen LogP contribution in [0.3, 0.4) is 0 Å². The minimum Gasteiger partial charge on any atom is -0.495 e. The molecule has 2 aromatic carbocycles. The Morgan fingerprint density at radius 3 is 2.52 bits per heavy atom. The van der Waals surface area contributed by atoms with Gasteiger partial charge in [0, 0.05) is 17.6 Å². The zero-order valence-corrected chi connectivity index (χ0v) is 16.0. The minimum atomic E-state index is -3.81. The molecule has 0 amide bonds. The number of hydrogen-bond donors (Lipinski definition) is 0. The second-order valence-corrected chi connectivity index (χ2v) is 8.22. The van der Waals surface area contributed by atoms with E-state index in [9.17, 15) is 8.42 Å². The van der Waals surface area contributed by atoms with Crippen molar-refractivity contribution in [3.63, 3.8) is 0 Å². The fraction of sp³-hybridized carbons (Fsp3) is 0.333. The van der Waals surface area contributed by atoms with Crippen molar-refractivity contribution in [2.24, 2.45) is 0 Å². The molecule has 0 fully saturated rings. The molecule has 0 aliphatic carbocycles. The average Bonchev–Trinajstić information content (AvgIpc) is 2.61. The number of rotatable bonds is 4. The summed E-state index contributed by atoms with van der Waals surface area (Å²) in [5.74, 6) is 0.285. The monoisotopic (exact) mass is 380 g/mol. The van der Waals surface area contributed by atoms with E-state index in [1.165, 1.54) is 17.5 Å². The Morgan fingerprint density at radius 1 is 1.20 bits per heavy atom. The van der Waals surface area contributed by atoms with Gasteiger partial charge in [0.25, 0.3) is 10.0 Å². The third-order valence-electron chi connectivity index (χ3n) is 4.46. The third-order valence-corrected chi connectivity index (χ3v) is 6.49. The lowest BCUT2D eigenvalue weighted by atomic mass is 10.1. The van der Waals surface area contributed by atoms with Gasteiger partial charge in [-0.3, -0.25) is 4.31 Å². The standard InChI is InChI=1S/C18H21ClN2O3S/c1-4-20-13(2)12-21(16-8-6-5-7-15(16)20)25(22,23)18-11-14(19)9-10-17(18)24-3/h5-11,13H,4,12H2,1-3H3. The summed E-state index contributed by atoms with van der Waals surface area (Å²) in [5, 5.41) is 0.355. The van der Waals surface area contributed by atoms with Gasteiger partial charge < -0.3 is 9.64 Å². The number of benzene rings is 2. The van der Waals surface area contributed by atoms with E-state index >= 15 is 0 Å². The van der Waals surface area contributed by atoms with Crippen molar-refractivity contribution in [1.29, 1.82) is 0 Å². The Morgan fingerprint density at radius 2 is 1.88 bits per heavy atom. The first-order chi connectivity index (χ1) is 11.9. The number of anilines is 2. The molecule has 1 atom stereocenters. The SMILES string of the molecule is CCN1c2ccccc2N(S(=O)(=O)c2cc(Cl)ccc2OC)CC1C. The van der Waals surface area contributed by atoms with E-state index in [2.05, 4.69) is 11.8 Å². The van der Waals surface area contributed by atoms with Gasteiger partial charge in [0.15, 0.2) is 0 Å². The molecule has 0 bridgehead atoms. The maximum atomic E-state index is 13.4. The Balaban J connectivity index is 2.17. The Bertz CT molecular complexity index is 886. The van der Waals surface area contributed by atoms with Crippen LogP contribution in [-0.4, -0.2) is 34.7 Å². The maximum absolute atomic E-state index is 13.4. The predicted octanol–water partition coefficient (Wildman–Crippen LogP) is 3.77. The number of methoxy groups -OCH3 is 1. The Hall–Kier alpha value is -1.92. The van der Waals surface area contributed by atoms with Gasteiger partial charge in [0.2, 0.25) is 0 Å². The van der Waals surface area contributed by atoms with Crippen molar-refractivity contribution in [2.45, 2.75) is 24.8 Å². The molecule has 0 saturated heterocycles. The van der Waals surface area contributed by atoms with Crippen LogP contribution in [0.1, 0.15) is 13.8 Å². The lowest BCUT2D eigenvalue weighted by Crippen LogP contribution is -2.49. The Labute approximate surface area is 153 Å². The summed E-state index contributed by atoms with van der Waals surface area (Å²) < 4.78 is 33.5. The average molecular weight is 381 g/mol. The van der Waals surface area contributed by atoms with Crippen LogP contribution in [0.5, 0.6) is 5.75 Å². The molecule has 3 rings (SSSR count). The van der Waals surface area contributed by atoms with E-state index in [4.69, 9.17) is 16.3 Å². The first kappa shape index (κ1) is 17.9. The molecule has 1 heterocycles. The maximum Gasteiger partial charge on any atom is 0.268 e. The molecule has 25 heavy (non-hydrogen) atoms. The van der Waals surface area contributed by atoms with E-state index in [0.29, 0.717) is 17.3 Å². The summed E-state index contributed by atoms with van der Waals surface area (Å²) in [6, 6.07) is 12.2. The van der Waals surface area contributed by atoms with Crippen LogP contribution < -0.4 is 13.9 Å². The minimum absolute atomic E-state index is 0.0554. The zero-order chi connectivity index (χ0) is 18.2. The van der Waals surface area contributed by atoms with Crippen LogP contribution in [0.15, 0.2) is 47.4 Å². The summed E-state index contributed by atoms with van der Waals surface area (Å²) in [7, 11) is -2.36. The molecule has 0 saturated carbocycles. The van der Waals surface area contributed by atoms with Crippen LogP contribution >= 0.6 is 11.6 Å². The third kappa shape index (κ3) is 3.04. The lowest BCUT2D eigenvalue weighted by Gasteiger charge is -2.42. The van der Waals surface area contributed by atoms with Crippen LogP contribution in [0.4, 0.5) is 11.4 Å². The van der Waals surface area contributed by atoms with Crippen molar-refractivity contribution in [3.8, 4) is 5.75 Å². The number of likely N-dealkylation sites (N-methyl/N-ethyl adjacent to an activating group) is 1. The smallest absolute Gasteiger partial charge is 0.268 e. The largest absolute Gasteiger partial charge is 0.495 e. The van der Waals surface area contributed by atoms with E-state index in [1.54, 1.807) is 12.1 Å². The number of halogens is 1. The quantitative estimate of drug-likeness (QED) is 0.810. The van der Waals surface area contributed by atoms with E-state index in [-0.39, 0.29) is 16.7 Å². The zero-order valence-electron chi connectivity index (χ0n) is 14.4. The number of sulfonamides is 1. The molecule has 1 aliphatic heterocycles. The molecule has 2 aromatic rings. The highest BCUT2D eigenvalue weighted by Crippen LogP contribution is 2.40. The second kappa shape index (κ2) is 6.77. The molecule has 0 radical (unpaired) electrons. The van der Waals surface area contributed by atoms with Crippen LogP contribution in [-0.2, 0) is 10.0 Å². The van der Waals surface area contributed by atoms with Gasteiger partial charge in [-0.05, 0) is 44.2 Å². The molecular weight excluding hydrogens is 360 g/mol. The summed E-state index contributed by atoms with van der Waals surface area (Å²) >= 11 is 6.05. The summed E-state index contributed by atoms with van der Waals surface area (Å²) in [5.41, 5.74) is 1.58. The molecular formula is C18H21ClN2O3S. The molecule has 134 valence electrons. The summed E-state index contributed by atoms with van der Waals surface area (Å²) in [6.45, 7) is 5.27. The first-order valence-corrected chi connectivity index (χ1v) is 9.94. The highest BCUT2D eigenvalue weighted by Gasteiger charge is 2.36. The van der Waals surface area contributed by atoms with Gasteiger partial charge in [0.05, 0.1) is 25.0 Å². The van der Waals surface area contributed by atoms with E-state index in [0.717, 1.165) is 12.2 Å². The second-order valence-electron chi connectivity index (χ2n) is 5.96. The molecule has 1 unspecified atom stereocenters. The molecule has 7 heteroatoms. The van der Waals surface area contributed by atoms with E-state index < -0.39 is 10.0 Å². The van der Waals surface area contributed by atoms with Crippen molar-refractivity contribution >= 4 is 33.0 Å². The Kier molecular flexibility index (Phi) is 4.84. The van der Waals surface area contributed by atoms with Crippen molar-refractivity contribution in [2.75, 3.05) is 29.4 Å². The molecule has 1 aliphatic rings. The van der Waals surface area contributed by atoms with Crippen LogP contribution in [0.2, 0.25) is 5.02 Å². The predicted molar refractivity (Wildman–Crippen MR) is 101 cm³/mol. The van der Waals surface area contributed by atoms with Crippen LogP contribution in [0, 0.1) is 0 Å². The van der Waals surface area contributed by atoms with Gasteiger partial charge >= 0.3 is 0 Å². The van der Waals surface area contributed by atoms with Gasteiger partial charge in [-0.2, -0.15) is 0 Å². The molecule has 5 nitrogen and oxygen atoms in total. The highest BCUT2D eigenvalue weighted by atomic mass is 35.5. The fourth-order valence-electron chi connectivity index (χ4n) is 3.27. The first-order valence-electron chi connectivity index (χ1n) is 8.12. The van der Waals surface area contributed by atoms with Gasteiger partial charge in [-0.15, -0.1) is 0 Å². The molecule has 0 spiro atoms. The molecule has 0 aromatic heterocycles. The number of nitrogens with zero attached hydrogens (tertiary/aromatic N) is 2. The highest BCUT2D eigenvalue weighted by molar-refractivity contribution is 7.93. The number of para-hydroxylation sites is 2. The normalized spacial score (nSPS) is 17.4. The number of fused-ring (bicyclic) bond motifs is 1. The fourth-order valence-corrected chi connectivity index (χ4v) is 5.25.